The monoisotopic (exact) mass is 219 g/mol. The van der Waals surface area contributed by atoms with Crippen LogP contribution in [0.1, 0.15) is 18.4 Å². The summed E-state index contributed by atoms with van der Waals surface area (Å²) < 4.78 is 0. The molecule has 1 heterocycles. The van der Waals surface area contributed by atoms with E-state index < -0.39 is 0 Å². The zero-order valence-electron chi connectivity index (χ0n) is 8.13. The first kappa shape index (κ1) is 10.0. The largest absolute Gasteiger partial charge is 0.343 e. The van der Waals surface area contributed by atoms with Crippen molar-refractivity contribution in [2.24, 2.45) is 4.99 Å². The molecule has 0 saturated heterocycles. The molecule has 0 atom stereocenters. The first-order valence-corrected chi connectivity index (χ1v) is 5.17. The summed E-state index contributed by atoms with van der Waals surface area (Å²) in [5, 5.41) is 12.7. The predicted molar refractivity (Wildman–Crippen MR) is 61.3 cm³/mol. The molecule has 0 aliphatic carbocycles. The zero-order valence-corrected chi connectivity index (χ0v) is 8.88. The first-order valence-electron chi connectivity index (χ1n) is 4.79. The minimum Gasteiger partial charge on any atom is -0.343 e. The molecule has 1 N–H and O–H groups in total. The van der Waals surface area contributed by atoms with Gasteiger partial charge in [-0.3, -0.25) is 4.99 Å². The van der Waals surface area contributed by atoms with Gasteiger partial charge in [0.1, 0.15) is 11.9 Å². The van der Waals surface area contributed by atoms with Gasteiger partial charge in [0.05, 0.1) is 11.3 Å². The van der Waals surface area contributed by atoms with Crippen molar-refractivity contribution in [1.82, 2.24) is 0 Å². The van der Waals surface area contributed by atoms with E-state index >= 15 is 0 Å². The van der Waals surface area contributed by atoms with Crippen molar-refractivity contribution in [3.63, 3.8) is 0 Å². The van der Waals surface area contributed by atoms with Crippen LogP contribution in [0.25, 0.3) is 0 Å². The molecule has 0 spiro atoms. The highest BCUT2D eigenvalue weighted by molar-refractivity contribution is 6.31. The molecule has 0 aromatic heterocycles. The molecule has 0 amide bonds. The topological polar surface area (TPSA) is 48.2 Å². The van der Waals surface area contributed by atoms with E-state index in [1.54, 1.807) is 18.2 Å². The van der Waals surface area contributed by atoms with Gasteiger partial charge in [-0.15, -0.1) is 0 Å². The summed E-state index contributed by atoms with van der Waals surface area (Å²) in [5.41, 5.74) is 1.33. The van der Waals surface area contributed by atoms with E-state index in [4.69, 9.17) is 16.9 Å². The highest BCUT2D eigenvalue weighted by atomic mass is 35.5. The SMILES string of the molecule is N#Cc1ccc(Cl)cc1NC1=NCCC1. The van der Waals surface area contributed by atoms with Crippen LogP contribution in [0, 0.1) is 11.3 Å². The quantitative estimate of drug-likeness (QED) is 0.790. The van der Waals surface area contributed by atoms with Crippen LogP contribution in [0.3, 0.4) is 0 Å². The van der Waals surface area contributed by atoms with Crippen molar-refractivity contribution < 1.29 is 0 Å². The Bertz CT molecular complexity index is 446. The highest BCUT2D eigenvalue weighted by Crippen LogP contribution is 2.21. The lowest BCUT2D eigenvalue weighted by Gasteiger charge is -2.07. The molecular weight excluding hydrogens is 210 g/mol. The maximum Gasteiger partial charge on any atom is 0.101 e. The highest BCUT2D eigenvalue weighted by Gasteiger charge is 2.09. The van der Waals surface area contributed by atoms with E-state index in [1.165, 1.54) is 0 Å². The molecular formula is C11H10ClN3. The van der Waals surface area contributed by atoms with E-state index in [9.17, 15) is 0 Å². The molecule has 0 bridgehead atoms. The molecule has 15 heavy (non-hydrogen) atoms. The number of benzene rings is 1. The first-order chi connectivity index (χ1) is 7.29. The summed E-state index contributed by atoms with van der Waals surface area (Å²) in [4.78, 5) is 4.29. The molecule has 76 valence electrons. The van der Waals surface area contributed by atoms with Gasteiger partial charge in [-0.1, -0.05) is 11.6 Å². The number of aliphatic imine (C=N–C) groups is 1. The molecule has 0 unspecified atom stereocenters. The molecule has 1 aliphatic rings. The van der Waals surface area contributed by atoms with Crippen molar-refractivity contribution in [2.45, 2.75) is 12.8 Å². The van der Waals surface area contributed by atoms with Gasteiger partial charge in [-0.25, -0.2) is 0 Å². The van der Waals surface area contributed by atoms with Gasteiger partial charge in [0.15, 0.2) is 0 Å². The van der Waals surface area contributed by atoms with E-state index in [0.717, 1.165) is 30.9 Å². The van der Waals surface area contributed by atoms with Crippen LogP contribution in [0.4, 0.5) is 5.69 Å². The lowest BCUT2D eigenvalue weighted by molar-refractivity contribution is 0.951. The molecule has 1 aromatic rings. The third-order valence-electron chi connectivity index (χ3n) is 2.26. The van der Waals surface area contributed by atoms with E-state index in [-0.39, 0.29) is 0 Å². The molecule has 0 fully saturated rings. The van der Waals surface area contributed by atoms with E-state index in [2.05, 4.69) is 16.4 Å². The Morgan fingerprint density at radius 2 is 2.33 bits per heavy atom. The summed E-state index contributed by atoms with van der Waals surface area (Å²) in [5.74, 6) is 0.939. The number of halogens is 1. The Hall–Kier alpha value is -1.53. The summed E-state index contributed by atoms with van der Waals surface area (Å²) in [6.07, 6.45) is 2.02. The van der Waals surface area contributed by atoms with E-state index in [0.29, 0.717) is 10.6 Å². The fourth-order valence-corrected chi connectivity index (χ4v) is 1.69. The van der Waals surface area contributed by atoms with Crippen molar-refractivity contribution in [3.05, 3.63) is 28.8 Å². The number of hydrogen-bond donors (Lipinski definition) is 1. The van der Waals surface area contributed by atoms with E-state index in [1.807, 2.05) is 0 Å². The van der Waals surface area contributed by atoms with Crippen molar-refractivity contribution >= 4 is 23.1 Å². The molecule has 0 saturated carbocycles. The van der Waals surface area contributed by atoms with Crippen LogP contribution in [-0.4, -0.2) is 12.4 Å². The van der Waals surface area contributed by atoms with Gasteiger partial charge in [-0.2, -0.15) is 5.26 Å². The number of nitrogens with zero attached hydrogens (tertiary/aromatic N) is 2. The number of nitriles is 1. The standard InChI is InChI=1S/C11H10ClN3/c12-9-4-3-8(7-13)10(6-9)15-11-2-1-5-14-11/h3-4,6H,1-2,5H2,(H,14,15). The Labute approximate surface area is 93.4 Å². The van der Waals surface area contributed by atoms with Crippen LogP contribution < -0.4 is 5.32 Å². The fraction of sp³-hybridized carbons (Fsp3) is 0.273. The van der Waals surface area contributed by atoms with Gasteiger partial charge in [0.2, 0.25) is 0 Å². The second-order valence-electron chi connectivity index (χ2n) is 3.36. The average Bonchev–Trinajstić information content (AvgIpc) is 2.71. The number of hydrogen-bond acceptors (Lipinski definition) is 3. The number of rotatable bonds is 1. The van der Waals surface area contributed by atoms with Gasteiger partial charge < -0.3 is 5.32 Å². The van der Waals surface area contributed by atoms with Gasteiger partial charge >= 0.3 is 0 Å². The molecule has 0 radical (unpaired) electrons. The van der Waals surface area contributed by atoms with Gasteiger partial charge in [0.25, 0.3) is 0 Å². The molecule has 4 heteroatoms. The minimum atomic E-state index is 0.592. The summed E-state index contributed by atoms with van der Waals surface area (Å²) in [7, 11) is 0. The molecule has 3 nitrogen and oxygen atoms in total. The normalized spacial score (nSPS) is 14.5. The smallest absolute Gasteiger partial charge is 0.101 e. The lowest BCUT2D eigenvalue weighted by atomic mass is 10.2. The number of anilines is 1. The second kappa shape index (κ2) is 4.33. The third-order valence-corrected chi connectivity index (χ3v) is 2.49. The number of nitrogens with one attached hydrogen (secondary N) is 1. The second-order valence-corrected chi connectivity index (χ2v) is 3.80. The molecule has 1 aromatic carbocycles. The Morgan fingerprint density at radius 1 is 1.47 bits per heavy atom. The van der Waals surface area contributed by atoms with Crippen molar-refractivity contribution in [1.29, 1.82) is 5.26 Å². The maximum atomic E-state index is 8.91. The molecule has 2 rings (SSSR count). The lowest BCUT2D eigenvalue weighted by Crippen LogP contribution is -2.09. The molecule has 1 aliphatic heterocycles. The maximum absolute atomic E-state index is 8.91. The van der Waals surface area contributed by atoms with Crippen LogP contribution >= 0.6 is 11.6 Å². The van der Waals surface area contributed by atoms with Crippen LogP contribution in [0.5, 0.6) is 0 Å². The summed E-state index contributed by atoms with van der Waals surface area (Å²) >= 11 is 5.87. The Kier molecular flexibility index (Phi) is 2.89. The predicted octanol–water partition coefficient (Wildman–Crippen LogP) is 2.82. The van der Waals surface area contributed by atoms with Crippen LogP contribution in [-0.2, 0) is 0 Å². The zero-order chi connectivity index (χ0) is 10.7. The number of amidine groups is 1. The van der Waals surface area contributed by atoms with Crippen LogP contribution in [0.15, 0.2) is 23.2 Å². The van der Waals surface area contributed by atoms with Gasteiger partial charge in [0, 0.05) is 18.0 Å². The van der Waals surface area contributed by atoms with Gasteiger partial charge in [-0.05, 0) is 24.6 Å². The Balaban J connectivity index is 2.26. The fourth-order valence-electron chi connectivity index (χ4n) is 1.51. The third kappa shape index (κ3) is 2.28. The van der Waals surface area contributed by atoms with Crippen molar-refractivity contribution in [3.8, 4) is 6.07 Å². The Morgan fingerprint density at radius 3 is 3.00 bits per heavy atom. The average molecular weight is 220 g/mol. The van der Waals surface area contributed by atoms with Crippen LogP contribution in [0.2, 0.25) is 5.02 Å². The summed E-state index contributed by atoms with van der Waals surface area (Å²) in [6, 6.07) is 7.29. The van der Waals surface area contributed by atoms with Crippen molar-refractivity contribution in [2.75, 3.05) is 11.9 Å². The minimum absolute atomic E-state index is 0.592. The summed E-state index contributed by atoms with van der Waals surface area (Å²) in [6.45, 7) is 0.866.